The maximum atomic E-state index is 11.7. The van der Waals surface area contributed by atoms with Crippen LogP contribution in [0.4, 0.5) is 17.2 Å². The number of anilines is 3. The summed E-state index contributed by atoms with van der Waals surface area (Å²) in [5.74, 6) is 1.60. The van der Waals surface area contributed by atoms with Crippen LogP contribution in [0.25, 0.3) is 11.0 Å². The Labute approximate surface area is 207 Å². The van der Waals surface area contributed by atoms with Crippen LogP contribution >= 0.6 is 11.6 Å². The number of nitrogens with one attached hydrogen (secondary N) is 2. The summed E-state index contributed by atoms with van der Waals surface area (Å²) in [6, 6.07) is 14.4. The maximum absolute atomic E-state index is 11.7. The molecule has 35 heavy (non-hydrogen) atoms. The molecule has 0 fully saturated rings. The second-order valence-electron chi connectivity index (χ2n) is 7.60. The van der Waals surface area contributed by atoms with Gasteiger partial charge in [-0.25, -0.2) is 9.97 Å². The number of aromatic nitrogens is 3. The standard InChI is InChI=1S/C25H26ClN5O4/c1-2-23(33)29-17-4-3-5-19(14-17)35-22-7-6-18(15-20(22)26)30-25-24-21(27-16-28-25)8-9-31(24)10-12-34-13-11-32/h3-9,14-16,32H,2,10-13H2,1H3,(H,29,33)(H,27,28,30). The highest BCUT2D eigenvalue weighted by molar-refractivity contribution is 6.32. The highest BCUT2D eigenvalue weighted by atomic mass is 35.5. The molecular formula is C25H26ClN5O4. The summed E-state index contributed by atoms with van der Waals surface area (Å²) >= 11 is 6.51. The van der Waals surface area contributed by atoms with E-state index in [-0.39, 0.29) is 12.5 Å². The molecule has 0 spiro atoms. The zero-order chi connectivity index (χ0) is 24.6. The number of aliphatic hydroxyl groups excluding tert-OH is 1. The number of carbonyl (C=O) groups is 1. The monoisotopic (exact) mass is 495 g/mol. The van der Waals surface area contributed by atoms with Crippen LogP contribution in [0.2, 0.25) is 5.02 Å². The molecule has 0 saturated heterocycles. The molecule has 2 aromatic heterocycles. The number of aliphatic hydroxyl groups is 1. The minimum Gasteiger partial charge on any atom is -0.456 e. The second kappa shape index (κ2) is 11.7. The van der Waals surface area contributed by atoms with Gasteiger partial charge in [-0.2, -0.15) is 0 Å². The first-order valence-corrected chi connectivity index (χ1v) is 11.6. The summed E-state index contributed by atoms with van der Waals surface area (Å²) in [4.78, 5) is 20.4. The van der Waals surface area contributed by atoms with Gasteiger partial charge in [0, 0.05) is 36.6 Å². The van der Waals surface area contributed by atoms with E-state index in [1.807, 2.05) is 22.9 Å². The fraction of sp³-hybridized carbons (Fsp3) is 0.240. The third-order valence-electron chi connectivity index (χ3n) is 5.12. The zero-order valence-corrected chi connectivity index (χ0v) is 20.0. The van der Waals surface area contributed by atoms with Crippen molar-refractivity contribution in [2.24, 2.45) is 0 Å². The average molecular weight is 496 g/mol. The Hall–Kier alpha value is -3.66. The Morgan fingerprint density at radius 3 is 2.80 bits per heavy atom. The third kappa shape index (κ3) is 6.27. The summed E-state index contributed by atoms with van der Waals surface area (Å²) < 4.78 is 13.3. The molecule has 4 aromatic rings. The maximum Gasteiger partial charge on any atom is 0.224 e. The molecule has 4 rings (SSSR count). The first kappa shape index (κ1) is 24.5. The summed E-state index contributed by atoms with van der Waals surface area (Å²) in [5, 5.41) is 15.4. The van der Waals surface area contributed by atoms with Crippen LogP contribution in [0.1, 0.15) is 13.3 Å². The minimum absolute atomic E-state index is 0.0103. The molecule has 182 valence electrons. The van der Waals surface area contributed by atoms with Gasteiger partial charge in [0.15, 0.2) is 5.82 Å². The van der Waals surface area contributed by atoms with Crippen LogP contribution in [-0.4, -0.2) is 45.4 Å². The lowest BCUT2D eigenvalue weighted by atomic mass is 10.2. The zero-order valence-electron chi connectivity index (χ0n) is 19.2. The number of benzene rings is 2. The Bertz CT molecular complexity index is 1310. The number of amides is 1. The number of carbonyl (C=O) groups excluding carboxylic acids is 1. The molecule has 0 saturated carbocycles. The molecule has 10 heteroatoms. The molecule has 0 aliphatic heterocycles. The number of fused-ring (bicyclic) bond motifs is 1. The number of nitrogens with zero attached hydrogens (tertiary/aromatic N) is 3. The van der Waals surface area contributed by atoms with Crippen molar-refractivity contribution in [1.29, 1.82) is 0 Å². The van der Waals surface area contributed by atoms with Crippen LogP contribution in [0.5, 0.6) is 11.5 Å². The Morgan fingerprint density at radius 2 is 2.00 bits per heavy atom. The quantitative estimate of drug-likeness (QED) is 0.252. The van der Waals surface area contributed by atoms with Gasteiger partial charge in [0.25, 0.3) is 0 Å². The number of hydrogen-bond acceptors (Lipinski definition) is 7. The molecule has 2 aromatic carbocycles. The summed E-state index contributed by atoms with van der Waals surface area (Å²) in [6.07, 6.45) is 3.82. The number of rotatable bonds is 11. The van der Waals surface area contributed by atoms with Crippen LogP contribution in [0.3, 0.4) is 0 Å². The van der Waals surface area contributed by atoms with Gasteiger partial charge in [-0.05, 0) is 36.4 Å². The molecule has 0 radical (unpaired) electrons. The van der Waals surface area contributed by atoms with E-state index in [1.165, 1.54) is 6.33 Å². The fourth-order valence-electron chi connectivity index (χ4n) is 3.45. The van der Waals surface area contributed by atoms with E-state index in [0.717, 1.165) is 16.7 Å². The number of hydrogen-bond donors (Lipinski definition) is 3. The van der Waals surface area contributed by atoms with Crippen molar-refractivity contribution in [1.82, 2.24) is 14.5 Å². The summed E-state index contributed by atoms with van der Waals surface area (Å²) in [5.41, 5.74) is 3.02. The molecule has 1 amide bonds. The Balaban J connectivity index is 1.49. The smallest absolute Gasteiger partial charge is 0.224 e. The molecule has 0 aliphatic carbocycles. The van der Waals surface area contributed by atoms with E-state index < -0.39 is 0 Å². The minimum atomic E-state index is -0.0710. The molecule has 0 atom stereocenters. The Kier molecular flexibility index (Phi) is 8.15. The molecule has 0 unspecified atom stereocenters. The fourth-order valence-corrected chi connectivity index (χ4v) is 3.67. The first-order chi connectivity index (χ1) is 17.1. The summed E-state index contributed by atoms with van der Waals surface area (Å²) in [6.45, 7) is 3.13. The lowest BCUT2D eigenvalue weighted by Gasteiger charge is -2.13. The average Bonchev–Trinajstić information content (AvgIpc) is 3.28. The third-order valence-corrected chi connectivity index (χ3v) is 5.42. The molecule has 3 N–H and O–H groups in total. The van der Waals surface area contributed by atoms with Crippen molar-refractivity contribution < 1.29 is 19.4 Å². The van der Waals surface area contributed by atoms with E-state index in [0.29, 0.717) is 54.2 Å². The largest absolute Gasteiger partial charge is 0.456 e. The topological polar surface area (TPSA) is 111 Å². The van der Waals surface area contributed by atoms with Gasteiger partial charge >= 0.3 is 0 Å². The summed E-state index contributed by atoms with van der Waals surface area (Å²) in [7, 11) is 0. The first-order valence-electron chi connectivity index (χ1n) is 11.2. The molecule has 0 bridgehead atoms. The van der Waals surface area contributed by atoms with Gasteiger partial charge in [-0.3, -0.25) is 4.79 Å². The number of ether oxygens (including phenoxy) is 2. The number of halogens is 1. The van der Waals surface area contributed by atoms with Crippen LogP contribution in [-0.2, 0) is 16.1 Å². The van der Waals surface area contributed by atoms with Crippen molar-refractivity contribution >= 4 is 45.7 Å². The van der Waals surface area contributed by atoms with E-state index in [4.69, 9.17) is 26.2 Å². The highest BCUT2D eigenvalue weighted by Gasteiger charge is 2.12. The van der Waals surface area contributed by atoms with E-state index in [9.17, 15) is 4.79 Å². The van der Waals surface area contributed by atoms with Crippen molar-refractivity contribution in [3.63, 3.8) is 0 Å². The molecule has 9 nitrogen and oxygen atoms in total. The lowest BCUT2D eigenvalue weighted by molar-refractivity contribution is -0.115. The molecule has 0 aliphatic rings. The van der Waals surface area contributed by atoms with Crippen LogP contribution in [0, 0.1) is 0 Å². The highest BCUT2D eigenvalue weighted by Crippen LogP contribution is 2.34. The van der Waals surface area contributed by atoms with Gasteiger partial charge in [0.1, 0.15) is 23.3 Å². The molecule has 2 heterocycles. The second-order valence-corrected chi connectivity index (χ2v) is 8.01. The van der Waals surface area contributed by atoms with Gasteiger partial charge in [-0.15, -0.1) is 0 Å². The predicted molar refractivity (Wildman–Crippen MR) is 136 cm³/mol. The van der Waals surface area contributed by atoms with Gasteiger partial charge in [-0.1, -0.05) is 24.6 Å². The van der Waals surface area contributed by atoms with E-state index in [2.05, 4.69) is 20.6 Å². The van der Waals surface area contributed by atoms with E-state index in [1.54, 1.807) is 43.3 Å². The van der Waals surface area contributed by atoms with Gasteiger partial charge in [0.05, 0.1) is 30.4 Å². The predicted octanol–water partition coefficient (Wildman–Crippen LogP) is 4.98. The van der Waals surface area contributed by atoms with E-state index >= 15 is 0 Å². The molecular weight excluding hydrogens is 470 g/mol. The van der Waals surface area contributed by atoms with Gasteiger partial charge in [0.2, 0.25) is 5.91 Å². The normalized spacial score (nSPS) is 10.9. The SMILES string of the molecule is CCC(=O)Nc1cccc(Oc2ccc(Nc3ncnc4ccn(CCOCCO)c34)cc2Cl)c1. The van der Waals surface area contributed by atoms with Gasteiger partial charge < -0.3 is 29.8 Å². The lowest BCUT2D eigenvalue weighted by Crippen LogP contribution is -2.09. The van der Waals surface area contributed by atoms with Crippen molar-refractivity contribution in [2.75, 3.05) is 30.5 Å². The Morgan fingerprint density at radius 1 is 1.11 bits per heavy atom. The van der Waals surface area contributed by atoms with Crippen molar-refractivity contribution in [2.45, 2.75) is 19.9 Å². The van der Waals surface area contributed by atoms with Crippen LogP contribution < -0.4 is 15.4 Å². The van der Waals surface area contributed by atoms with Crippen molar-refractivity contribution in [3.05, 3.63) is 66.1 Å². The van der Waals surface area contributed by atoms with Crippen LogP contribution in [0.15, 0.2) is 61.1 Å². The van der Waals surface area contributed by atoms with Crippen molar-refractivity contribution in [3.8, 4) is 11.5 Å².